The molecule has 146 valence electrons. The third-order valence-corrected chi connectivity index (χ3v) is 4.20. The zero-order valence-corrected chi connectivity index (χ0v) is 15.4. The zero-order valence-electron chi connectivity index (χ0n) is 15.4. The fourth-order valence-electron chi connectivity index (χ4n) is 2.81. The van der Waals surface area contributed by atoms with Gasteiger partial charge in [-0.2, -0.15) is 0 Å². The van der Waals surface area contributed by atoms with Crippen LogP contribution in [0.2, 0.25) is 0 Å². The maximum Gasteiger partial charge on any atom is 0.283 e. The predicted octanol–water partition coefficient (Wildman–Crippen LogP) is 2.56. The van der Waals surface area contributed by atoms with Crippen LogP contribution < -0.4 is 14.8 Å². The minimum Gasteiger partial charge on any atom is -0.486 e. The van der Waals surface area contributed by atoms with Gasteiger partial charge in [0.05, 0.1) is 19.4 Å². The first-order valence-electron chi connectivity index (χ1n) is 8.99. The van der Waals surface area contributed by atoms with Gasteiger partial charge in [-0.3, -0.25) is 9.69 Å². The Morgan fingerprint density at radius 3 is 2.82 bits per heavy atom. The summed E-state index contributed by atoms with van der Waals surface area (Å²) >= 11 is 0. The number of hydrogen-bond acceptors (Lipinski definition) is 8. The van der Waals surface area contributed by atoms with E-state index in [1.54, 1.807) is 36.6 Å². The number of anilines is 1. The molecule has 0 saturated heterocycles. The van der Waals surface area contributed by atoms with E-state index >= 15 is 0 Å². The molecule has 0 atom stereocenters. The number of hydrogen-bond donors (Lipinski definition) is 1. The van der Waals surface area contributed by atoms with Crippen molar-refractivity contribution in [2.24, 2.45) is 0 Å². The van der Waals surface area contributed by atoms with Crippen LogP contribution in [0.15, 0.2) is 45.4 Å². The summed E-state index contributed by atoms with van der Waals surface area (Å²) in [6.07, 6.45) is 1.54. The van der Waals surface area contributed by atoms with Crippen LogP contribution in [-0.2, 0) is 11.3 Å². The normalized spacial score (nSPS) is 12.9. The van der Waals surface area contributed by atoms with E-state index in [4.69, 9.17) is 18.3 Å². The molecule has 1 aliphatic heterocycles. The van der Waals surface area contributed by atoms with E-state index < -0.39 is 0 Å². The lowest BCUT2D eigenvalue weighted by molar-refractivity contribution is -0.117. The van der Waals surface area contributed by atoms with E-state index in [9.17, 15) is 4.79 Å². The van der Waals surface area contributed by atoms with Crippen molar-refractivity contribution in [2.75, 3.05) is 31.6 Å². The second-order valence-electron chi connectivity index (χ2n) is 6.19. The summed E-state index contributed by atoms with van der Waals surface area (Å²) < 4.78 is 21.9. The van der Waals surface area contributed by atoms with Gasteiger partial charge in [0.2, 0.25) is 11.8 Å². The number of rotatable bonds is 7. The minimum absolute atomic E-state index is 0.149. The van der Waals surface area contributed by atoms with Gasteiger partial charge < -0.3 is 23.6 Å². The first-order chi connectivity index (χ1) is 13.7. The van der Waals surface area contributed by atoms with Gasteiger partial charge in [-0.15, -0.1) is 10.2 Å². The van der Waals surface area contributed by atoms with Gasteiger partial charge in [0, 0.05) is 11.8 Å². The highest BCUT2D eigenvalue weighted by Gasteiger charge is 2.17. The van der Waals surface area contributed by atoms with Gasteiger partial charge in [0.1, 0.15) is 13.2 Å². The zero-order chi connectivity index (χ0) is 19.3. The van der Waals surface area contributed by atoms with Gasteiger partial charge in [-0.05, 0) is 30.8 Å². The molecule has 1 N–H and O–H groups in total. The summed E-state index contributed by atoms with van der Waals surface area (Å²) in [7, 11) is 0. The second-order valence-corrected chi connectivity index (χ2v) is 6.19. The van der Waals surface area contributed by atoms with Crippen molar-refractivity contribution in [3.05, 3.63) is 42.5 Å². The Morgan fingerprint density at radius 1 is 1.18 bits per heavy atom. The summed E-state index contributed by atoms with van der Waals surface area (Å²) in [5.74, 6) is 2.41. The number of carbonyl (C=O) groups excluding carboxylic acids is 1. The number of aromatic nitrogens is 2. The largest absolute Gasteiger partial charge is 0.486 e. The van der Waals surface area contributed by atoms with Gasteiger partial charge in [-0.1, -0.05) is 6.92 Å². The molecule has 9 nitrogen and oxygen atoms in total. The van der Waals surface area contributed by atoms with Gasteiger partial charge in [0.25, 0.3) is 5.89 Å². The summed E-state index contributed by atoms with van der Waals surface area (Å²) in [5, 5.41) is 10.9. The fourth-order valence-corrected chi connectivity index (χ4v) is 2.81. The van der Waals surface area contributed by atoms with Gasteiger partial charge >= 0.3 is 0 Å². The molecular formula is C19H20N4O5. The third kappa shape index (κ3) is 4.15. The molecule has 0 saturated carbocycles. The summed E-state index contributed by atoms with van der Waals surface area (Å²) in [6, 6.07) is 8.83. The van der Waals surface area contributed by atoms with Crippen LogP contribution in [0.4, 0.5) is 5.69 Å². The highest BCUT2D eigenvalue weighted by atomic mass is 16.6. The molecular weight excluding hydrogens is 364 g/mol. The predicted molar refractivity (Wildman–Crippen MR) is 99.0 cm³/mol. The van der Waals surface area contributed by atoms with Crippen molar-refractivity contribution in [2.45, 2.75) is 13.5 Å². The average Bonchev–Trinajstić information content (AvgIpc) is 3.39. The molecule has 3 heterocycles. The maximum atomic E-state index is 12.4. The number of furan rings is 1. The van der Waals surface area contributed by atoms with Crippen LogP contribution in [0.3, 0.4) is 0 Å². The van der Waals surface area contributed by atoms with E-state index in [-0.39, 0.29) is 12.5 Å². The first kappa shape index (κ1) is 18.1. The molecule has 0 unspecified atom stereocenters. The van der Waals surface area contributed by atoms with Crippen molar-refractivity contribution in [1.29, 1.82) is 0 Å². The number of amides is 1. The van der Waals surface area contributed by atoms with E-state index in [1.165, 1.54) is 0 Å². The molecule has 0 aliphatic carbocycles. The fraction of sp³-hybridized carbons (Fsp3) is 0.316. The number of fused-ring (bicyclic) bond motifs is 1. The molecule has 1 aliphatic rings. The van der Waals surface area contributed by atoms with Gasteiger partial charge in [0.15, 0.2) is 17.3 Å². The van der Waals surface area contributed by atoms with Crippen molar-refractivity contribution in [1.82, 2.24) is 15.1 Å². The molecule has 0 radical (unpaired) electrons. The topological polar surface area (TPSA) is 103 Å². The third-order valence-electron chi connectivity index (χ3n) is 4.20. The van der Waals surface area contributed by atoms with Crippen LogP contribution in [-0.4, -0.2) is 47.3 Å². The standard InChI is InChI=1S/C19H20N4O5/c1-2-23(12-18-21-22-19(28-18)15-4-3-7-25-15)11-17(24)20-13-5-6-14-16(10-13)27-9-8-26-14/h3-7,10H,2,8-9,11-12H2,1H3,(H,20,24). The van der Waals surface area contributed by atoms with Crippen LogP contribution in [0.1, 0.15) is 12.8 Å². The van der Waals surface area contributed by atoms with Gasteiger partial charge in [-0.25, -0.2) is 0 Å². The average molecular weight is 384 g/mol. The molecule has 0 bridgehead atoms. The van der Waals surface area contributed by atoms with Crippen molar-refractivity contribution >= 4 is 11.6 Å². The molecule has 1 amide bonds. The number of ether oxygens (including phenoxy) is 2. The summed E-state index contributed by atoms with van der Waals surface area (Å²) in [6.45, 7) is 4.18. The Hall–Kier alpha value is -3.33. The highest BCUT2D eigenvalue weighted by molar-refractivity contribution is 5.92. The molecule has 1 aromatic carbocycles. The molecule has 4 rings (SSSR count). The number of carbonyl (C=O) groups is 1. The summed E-state index contributed by atoms with van der Waals surface area (Å²) in [5.41, 5.74) is 0.656. The number of nitrogens with zero attached hydrogens (tertiary/aromatic N) is 3. The molecule has 9 heteroatoms. The van der Waals surface area contributed by atoms with E-state index in [0.717, 1.165) is 0 Å². The molecule has 3 aromatic rings. The quantitative estimate of drug-likeness (QED) is 0.663. The van der Waals surface area contributed by atoms with Crippen LogP contribution in [0.25, 0.3) is 11.7 Å². The smallest absolute Gasteiger partial charge is 0.283 e. The monoisotopic (exact) mass is 384 g/mol. The Labute approximate surface area is 161 Å². The Balaban J connectivity index is 1.35. The van der Waals surface area contributed by atoms with Crippen molar-refractivity contribution in [3.63, 3.8) is 0 Å². The number of likely N-dealkylation sites (N-methyl/N-ethyl adjacent to an activating group) is 1. The Kier molecular flexibility index (Phi) is 5.24. The molecule has 28 heavy (non-hydrogen) atoms. The lowest BCUT2D eigenvalue weighted by Gasteiger charge is -2.20. The lowest BCUT2D eigenvalue weighted by Crippen LogP contribution is -2.32. The van der Waals surface area contributed by atoms with Crippen LogP contribution in [0.5, 0.6) is 11.5 Å². The SMILES string of the molecule is CCN(CC(=O)Nc1ccc2c(c1)OCCO2)Cc1nnc(-c2ccco2)o1. The molecule has 0 fully saturated rings. The summed E-state index contributed by atoms with van der Waals surface area (Å²) in [4.78, 5) is 14.3. The molecule has 2 aromatic heterocycles. The Morgan fingerprint density at radius 2 is 2.04 bits per heavy atom. The maximum absolute atomic E-state index is 12.4. The highest BCUT2D eigenvalue weighted by Crippen LogP contribution is 2.32. The lowest BCUT2D eigenvalue weighted by atomic mass is 10.2. The van der Waals surface area contributed by atoms with Crippen molar-refractivity contribution in [3.8, 4) is 23.1 Å². The number of nitrogens with one attached hydrogen (secondary N) is 1. The second kappa shape index (κ2) is 8.13. The van der Waals surface area contributed by atoms with Crippen molar-refractivity contribution < 1.29 is 23.1 Å². The van der Waals surface area contributed by atoms with Crippen LogP contribution in [0, 0.1) is 0 Å². The van der Waals surface area contributed by atoms with Crippen LogP contribution >= 0.6 is 0 Å². The number of benzene rings is 1. The minimum atomic E-state index is -0.149. The molecule has 0 spiro atoms. The van der Waals surface area contributed by atoms with E-state index in [0.29, 0.717) is 61.0 Å². The first-order valence-corrected chi connectivity index (χ1v) is 8.99. The Bertz CT molecular complexity index is 938. The van der Waals surface area contributed by atoms with E-state index in [1.807, 2.05) is 11.8 Å². The van der Waals surface area contributed by atoms with E-state index in [2.05, 4.69) is 15.5 Å².